The lowest BCUT2D eigenvalue weighted by Gasteiger charge is -2.28. The van der Waals surface area contributed by atoms with Gasteiger partial charge in [-0.25, -0.2) is 4.79 Å². The Bertz CT molecular complexity index is 543. The van der Waals surface area contributed by atoms with Gasteiger partial charge >= 0.3 is 6.09 Å². The number of amides is 1. The third-order valence-electron chi connectivity index (χ3n) is 3.39. The largest absolute Gasteiger partial charge is 0.490 e. The Labute approximate surface area is 136 Å². The van der Waals surface area contributed by atoms with Crippen molar-refractivity contribution < 1.29 is 14.3 Å². The molecule has 22 heavy (non-hydrogen) atoms. The number of carbonyl (C=O) groups excluding carboxylic acids is 1. The number of hydrogen-bond acceptors (Lipinski definition) is 4. The minimum atomic E-state index is -0.495. The summed E-state index contributed by atoms with van der Waals surface area (Å²) in [7, 11) is 0. The molecule has 1 saturated heterocycles. The Morgan fingerprint density at radius 3 is 2.82 bits per heavy atom. The van der Waals surface area contributed by atoms with E-state index in [1.54, 1.807) is 23.1 Å². The maximum atomic E-state index is 12.2. The van der Waals surface area contributed by atoms with Crippen LogP contribution in [0.15, 0.2) is 18.2 Å². The molecule has 122 valence electrons. The number of likely N-dealkylation sites (tertiary alicyclic amines) is 1. The van der Waals surface area contributed by atoms with E-state index >= 15 is 0 Å². The Morgan fingerprint density at radius 1 is 1.45 bits per heavy atom. The molecule has 1 aromatic rings. The quantitative estimate of drug-likeness (QED) is 0.860. The highest BCUT2D eigenvalue weighted by Gasteiger charge is 2.32. The lowest BCUT2D eigenvalue weighted by molar-refractivity contribution is 0.0187. The number of benzene rings is 1. The lowest BCUT2D eigenvalue weighted by atomic mass is 10.2. The summed E-state index contributed by atoms with van der Waals surface area (Å²) in [6.07, 6.45) is 1.55. The van der Waals surface area contributed by atoms with Crippen molar-refractivity contribution in [2.45, 2.75) is 45.3 Å². The zero-order valence-electron chi connectivity index (χ0n) is 13.3. The van der Waals surface area contributed by atoms with Crippen molar-refractivity contribution in [1.82, 2.24) is 4.90 Å². The molecule has 1 aliphatic rings. The maximum absolute atomic E-state index is 12.2. The molecular weight excluding hydrogens is 304 g/mol. The van der Waals surface area contributed by atoms with Gasteiger partial charge in [0.1, 0.15) is 18.0 Å². The van der Waals surface area contributed by atoms with Crippen LogP contribution in [0.2, 0.25) is 5.02 Å². The molecule has 0 spiro atoms. The number of nitrogens with zero attached hydrogens (tertiary/aromatic N) is 1. The topological polar surface area (TPSA) is 64.8 Å². The summed E-state index contributed by atoms with van der Waals surface area (Å²) in [5.41, 5.74) is 5.75. The number of rotatable bonds is 3. The highest BCUT2D eigenvalue weighted by atomic mass is 35.5. The third-order valence-corrected chi connectivity index (χ3v) is 3.69. The zero-order chi connectivity index (χ0) is 16.3. The fourth-order valence-electron chi connectivity index (χ4n) is 2.39. The average molecular weight is 327 g/mol. The van der Waals surface area contributed by atoms with Gasteiger partial charge in [0.25, 0.3) is 0 Å². The van der Waals surface area contributed by atoms with E-state index in [1.807, 2.05) is 20.8 Å². The van der Waals surface area contributed by atoms with Crippen LogP contribution in [0.25, 0.3) is 0 Å². The van der Waals surface area contributed by atoms with E-state index in [4.69, 9.17) is 26.8 Å². The molecule has 0 saturated carbocycles. The van der Waals surface area contributed by atoms with Gasteiger partial charge in [0.15, 0.2) is 0 Å². The first-order valence-electron chi connectivity index (χ1n) is 7.44. The molecular formula is C16H23ClN2O3. The predicted molar refractivity (Wildman–Crippen MR) is 87.3 cm³/mol. The van der Waals surface area contributed by atoms with E-state index in [0.29, 0.717) is 29.6 Å². The second-order valence-corrected chi connectivity index (χ2v) is 6.88. The first-order valence-corrected chi connectivity index (χ1v) is 7.81. The highest BCUT2D eigenvalue weighted by molar-refractivity contribution is 6.32. The van der Waals surface area contributed by atoms with Gasteiger partial charge in [-0.3, -0.25) is 0 Å². The third kappa shape index (κ3) is 4.44. The van der Waals surface area contributed by atoms with Crippen LogP contribution in [0.3, 0.4) is 0 Å². The van der Waals surface area contributed by atoms with Crippen LogP contribution in [0.1, 0.15) is 33.6 Å². The second-order valence-electron chi connectivity index (χ2n) is 6.47. The maximum Gasteiger partial charge on any atom is 0.410 e. The molecule has 1 amide bonds. The molecule has 1 atom stereocenters. The van der Waals surface area contributed by atoms with E-state index in [9.17, 15) is 4.79 Å². The molecule has 6 heteroatoms. The minimum Gasteiger partial charge on any atom is -0.490 e. The first kappa shape index (κ1) is 16.7. The van der Waals surface area contributed by atoms with E-state index in [0.717, 1.165) is 12.8 Å². The molecule has 0 bridgehead atoms. The summed E-state index contributed by atoms with van der Waals surface area (Å²) in [6, 6.07) is 5.13. The van der Waals surface area contributed by atoms with Crippen molar-refractivity contribution in [2.75, 3.05) is 18.9 Å². The summed E-state index contributed by atoms with van der Waals surface area (Å²) in [6.45, 7) is 6.67. The van der Waals surface area contributed by atoms with Crippen molar-refractivity contribution >= 4 is 23.4 Å². The van der Waals surface area contributed by atoms with Gasteiger partial charge in [-0.05, 0) is 51.8 Å². The molecule has 0 unspecified atom stereocenters. The molecule has 1 heterocycles. The molecule has 1 aromatic carbocycles. The lowest BCUT2D eigenvalue weighted by Crippen LogP contribution is -2.42. The van der Waals surface area contributed by atoms with E-state index in [-0.39, 0.29) is 12.1 Å². The number of hydrogen-bond donors (Lipinski definition) is 1. The summed E-state index contributed by atoms with van der Waals surface area (Å²) in [5.74, 6) is 0.576. The Kier molecular flexibility index (Phi) is 5.06. The Balaban J connectivity index is 1.95. The standard InChI is InChI=1S/C16H23ClN2O3/c1-16(2,3)22-15(20)19-8-4-5-12(19)10-21-14-7-6-11(18)9-13(14)17/h6-7,9,12H,4-5,8,10,18H2,1-3H3/t12-/m0/s1. The summed E-state index contributed by atoms with van der Waals surface area (Å²) >= 11 is 6.09. The van der Waals surface area contributed by atoms with Gasteiger partial charge < -0.3 is 20.1 Å². The van der Waals surface area contributed by atoms with Gasteiger partial charge in [-0.1, -0.05) is 11.6 Å². The molecule has 0 aromatic heterocycles. The van der Waals surface area contributed by atoms with Crippen molar-refractivity contribution in [2.24, 2.45) is 0 Å². The van der Waals surface area contributed by atoms with Gasteiger partial charge in [0.05, 0.1) is 11.1 Å². The molecule has 0 radical (unpaired) electrons. The second kappa shape index (κ2) is 6.65. The fraction of sp³-hybridized carbons (Fsp3) is 0.562. The number of nitrogens with two attached hydrogens (primary N) is 1. The summed E-state index contributed by atoms with van der Waals surface area (Å²) in [4.78, 5) is 13.9. The Hall–Kier alpha value is -1.62. The van der Waals surface area contributed by atoms with E-state index in [1.165, 1.54) is 0 Å². The first-order chi connectivity index (χ1) is 10.3. The van der Waals surface area contributed by atoms with Crippen LogP contribution in [-0.2, 0) is 4.74 Å². The average Bonchev–Trinajstić information content (AvgIpc) is 2.84. The molecule has 1 fully saturated rings. The van der Waals surface area contributed by atoms with Crippen molar-refractivity contribution in [3.63, 3.8) is 0 Å². The monoisotopic (exact) mass is 326 g/mol. The number of ether oxygens (including phenoxy) is 2. The SMILES string of the molecule is CC(C)(C)OC(=O)N1CCC[C@H]1COc1ccc(N)cc1Cl. The van der Waals surface area contributed by atoms with Crippen LogP contribution >= 0.6 is 11.6 Å². The van der Waals surface area contributed by atoms with Gasteiger partial charge in [-0.15, -0.1) is 0 Å². The smallest absolute Gasteiger partial charge is 0.410 e. The summed E-state index contributed by atoms with van der Waals surface area (Å²) < 4.78 is 11.2. The number of nitrogen functional groups attached to an aromatic ring is 1. The molecule has 5 nitrogen and oxygen atoms in total. The molecule has 1 aliphatic heterocycles. The van der Waals surface area contributed by atoms with Crippen LogP contribution in [-0.4, -0.2) is 35.8 Å². The van der Waals surface area contributed by atoms with Gasteiger partial charge in [0, 0.05) is 12.2 Å². The predicted octanol–water partition coefficient (Wildman–Crippen LogP) is 3.70. The minimum absolute atomic E-state index is 0.00321. The van der Waals surface area contributed by atoms with Crippen molar-refractivity contribution in [3.05, 3.63) is 23.2 Å². The van der Waals surface area contributed by atoms with Crippen LogP contribution in [0, 0.1) is 0 Å². The normalized spacial score (nSPS) is 18.4. The fourth-order valence-corrected chi connectivity index (χ4v) is 2.63. The van der Waals surface area contributed by atoms with Gasteiger partial charge in [-0.2, -0.15) is 0 Å². The van der Waals surface area contributed by atoms with Crippen LogP contribution in [0.4, 0.5) is 10.5 Å². The van der Waals surface area contributed by atoms with Crippen LogP contribution in [0.5, 0.6) is 5.75 Å². The summed E-state index contributed by atoms with van der Waals surface area (Å²) in [5, 5.41) is 0.474. The Morgan fingerprint density at radius 2 is 2.18 bits per heavy atom. The van der Waals surface area contributed by atoms with Crippen molar-refractivity contribution in [1.29, 1.82) is 0 Å². The van der Waals surface area contributed by atoms with E-state index < -0.39 is 5.60 Å². The number of halogens is 1. The molecule has 0 aliphatic carbocycles. The molecule has 2 N–H and O–H groups in total. The van der Waals surface area contributed by atoms with Crippen LogP contribution < -0.4 is 10.5 Å². The number of anilines is 1. The highest BCUT2D eigenvalue weighted by Crippen LogP contribution is 2.28. The van der Waals surface area contributed by atoms with E-state index in [2.05, 4.69) is 0 Å². The molecule has 2 rings (SSSR count). The zero-order valence-corrected chi connectivity index (χ0v) is 14.0. The van der Waals surface area contributed by atoms with Crippen molar-refractivity contribution in [3.8, 4) is 5.75 Å². The number of carbonyl (C=O) groups is 1. The van der Waals surface area contributed by atoms with Gasteiger partial charge in [0.2, 0.25) is 0 Å².